The summed E-state index contributed by atoms with van der Waals surface area (Å²) in [7, 11) is 1.75. The molecule has 24 heavy (non-hydrogen) atoms. The molecule has 1 atom stereocenters. The zero-order chi connectivity index (χ0) is 17.1. The fraction of sp³-hybridized carbons (Fsp3) is 0.412. The van der Waals surface area contributed by atoms with E-state index in [9.17, 15) is 9.59 Å². The molecule has 2 heterocycles. The van der Waals surface area contributed by atoms with Gasteiger partial charge in [0.2, 0.25) is 5.91 Å². The zero-order valence-corrected chi connectivity index (χ0v) is 13.9. The van der Waals surface area contributed by atoms with Crippen LogP contribution in [0, 0.1) is 0 Å². The molecule has 0 radical (unpaired) electrons. The zero-order valence-electron chi connectivity index (χ0n) is 13.9. The highest BCUT2D eigenvalue weighted by Crippen LogP contribution is 2.27. The molecule has 1 aromatic heterocycles. The molecule has 3 rings (SSSR count). The molecule has 0 fully saturated rings. The lowest BCUT2D eigenvalue weighted by molar-refractivity contribution is -0.131. The van der Waals surface area contributed by atoms with Crippen molar-refractivity contribution >= 4 is 11.8 Å². The molecule has 0 saturated carbocycles. The fourth-order valence-electron chi connectivity index (χ4n) is 2.94. The molecular formula is C17H21N5O2. The Morgan fingerprint density at radius 3 is 2.96 bits per heavy atom. The van der Waals surface area contributed by atoms with Gasteiger partial charge in [-0.15, -0.1) is 10.2 Å². The second kappa shape index (κ2) is 6.82. The van der Waals surface area contributed by atoms with E-state index < -0.39 is 0 Å². The SMILES string of the molecule is CCCn1cnnc1CN(C)C(=O)CC1NC(=O)c2ccccc21. The second-order valence-corrected chi connectivity index (χ2v) is 6.01. The molecule has 0 spiro atoms. The summed E-state index contributed by atoms with van der Waals surface area (Å²) in [6.45, 7) is 3.32. The first-order valence-electron chi connectivity index (χ1n) is 8.10. The number of aromatic nitrogens is 3. The van der Waals surface area contributed by atoms with Crippen molar-refractivity contribution in [1.29, 1.82) is 0 Å². The number of carbonyl (C=O) groups is 2. The van der Waals surface area contributed by atoms with Crippen LogP contribution in [0.3, 0.4) is 0 Å². The van der Waals surface area contributed by atoms with E-state index in [2.05, 4.69) is 22.4 Å². The van der Waals surface area contributed by atoms with Crippen molar-refractivity contribution in [2.24, 2.45) is 0 Å². The Bertz CT molecular complexity index is 755. The van der Waals surface area contributed by atoms with E-state index in [0.717, 1.165) is 24.4 Å². The van der Waals surface area contributed by atoms with E-state index >= 15 is 0 Å². The molecule has 2 aromatic rings. The van der Waals surface area contributed by atoms with Crippen LogP contribution in [0.4, 0.5) is 0 Å². The summed E-state index contributed by atoms with van der Waals surface area (Å²) in [5.41, 5.74) is 1.54. The number of hydrogen-bond donors (Lipinski definition) is 1. The lowest BCUT2D eigenvalue weighted by Crippen LogP contribution is -2.31. The van der Waals surface area contributed by atoms with Gasteiger partial charge in [-0.25, -0.2) is 0 Å². The largest absolute Gasteiger partial charge is 0.345 e. The lowest BCUT2D eigenvalue weighted by Gasteiger charge is -2.19. The van der Waals surface area contributed by atoms with E-state index in [1.807, 2.05) is 22.8 Å². The number of nitrogens with zero attached hydrogens (tertiary/aromatic N) is 4. The first kappa shape index (κ1) is 16.2. The molecule has 7 nitrogen and oxygen atoms in total. The second-order valence-electron chi connectivity index (χ2n) is 6.01. The van der Waals surface area contributed by atoms with Gasteiger partial charge in [0, 0.05) is 19.2 Å². The minimum atomic E-state index is -0.267. The lowest BCUT2D eigenvalue weighted by atomic mass is 10.0. The van der Waals surface area contributed by atoms with Gasteiger partial charge in [-0.3, -0.25) is 9.59 Å². The van der Waals surface area contributed by atoms with Gasteiger partial charge in [-0.05, 0) is 18.1 Å². The van der Waals surface area contributed by atoms with Gasteiger partial charge in [-0.2, -0.15) is 0 Å². The standard InChI is InChI=1S/C17H21N5O2/c1-3-8-22-11-18-20-15(22)10-21(2)16(23)9-14-12-6-4-5-7-13(12)17(24)19-14/h4-7,11,14H,3,8-10H2,1-2H3,(H,19,24). The molecule has 7 heteroatoms. The highest BCUT2D eigenvalue weighted by Gasteiger charge is 2.30. The Labute approximate surface area is 140 Å². The Morgan fingerprint density at radius 2 is 2.17 bits per heavy atom. The molecule has 0 saturated heterocycles. The summed E-state index contributed by atoms with van der Waals surface area (Å²) in [6, 6.07) is 7.12. The Balaban J connectivity index is 1.65. The third kappa shape index (κ3) is 3.15. The summed E-state index contributed by atoms with van der Waals surface area (Å²) >= 11 is 0. The van der Waals surface area contributed by atoms with Gasteiger partial charge in [0.15, 0.2) is 5.82 Å². The highest BCUT2D eigenvalue weighted by atomic mass is 16.2. The average Bonchev–Trinajstić information content (AvgIpc) is 3.13. The van der Waals surface area contributed by atoms with Crippen molar-refractivity contribution in [2.75, 3.05) is 7.05 Å². The van der Waals surface area contributed by atoms with E-state index in [1.165, 1.54) is 0 Å². The summed E-state index contributed by atoms with van der Waals surface area (Å²) in [5.74, 6) is 0.611. The number of nitrogens with one attached hydrogen (secondary N) is 1. The molecular weight excluding hydrogens is 306 g/mol. The van der Waals surface area contributed by atoms with Crippen LogP contribution in [-0.4, -0.2) is 38.5 Å². The number of benzene rings is 1. The van der Waals surface area contributed by atoms with Crippen LogP contribution in [0.5, 0.6) is 0 Å². The van der Waals surface area contributed by atoms with Crippen LogP contribution in [0.1, 0.15) is 47.6 Å². The van der Waals surface area contributed by atoms with Crippen LogP contribution in [0.2, 0.25) is 0 Å². The van der Waals surface area contributed by atoms with Crippen LogP contribution in [0.15, 0.2) is 30.6 Å². The van der Waals surface area contributed by atoms with Gasteiger partial charge < -0.3 is 14.8 Å². The first-order valence-corrected chi connectivity index (χ1v) is 8.10. The Morgan fingerprint density at radius 1 is 1.38 bits per heavy atom. The van der Waals surface area contributed by atoms with Crippen molar-refractivity contribution in [2.45, 2.75) is 38.9 Å². The van der Waals surface area contributed by atoms with Gasteiger partial charge in [-0.1, -0.05) is 25.1 Å². The number of fused-ring (bicyclic) bond motifs is 1. The van der Waals surface area contributed by atoms with Crippen LogP contribution in [-0.2, 0) is 17.9 Å². The summed E-state index contributed by atoms with van der Waals surface area (Å²) in [6.07, 6.45) is 2.90. The molecule has 0 bridgehead atoms. The molecule has 1 aliphatic heterocycles. The van der Waals surface area contributed by atoms with Crippen molar-refractivity contribution < 1.29 is 9.59 Å². The maximum absolute atomic E-state index is 12.5. The van der Waals surface area contributed by atoms with Crippen molar-refractivity contribution in [3.05, 3.63) is 47.5 Å². The van der Waals surface area contributed by atoms with Crippen LogP contribution < -0.4 is 5.32 Å². The Hall–Kier alpha value is -2.70. The number of aryl methyl sites for hydroxylation is 1. The average molecular weight is 327 g/mol. The van der Waals surface area contributed by atoms with Crippen molar-refractivity contribution in [1.82, 2.24) is 25.0 Å². The topological polar surface area (TPSA) is 80.1 Å². The van der Waals surface area contributed by atoms with Gasteiger partial charge in [0.05, 0.1) is 19.0 Å². The molecule has 2 amide bonds. The minimum Gasteiger partial charge on any atom is -0.345 e. The maximum Gasteiger partial charge on any atom is 0.252 e. The smallest absolute Gasteiger partial charge is 0.252 e. The summed E-state index contributed by atoms with van der Waals surface area (Å²) < 4.78 is 1.95. The summed E-state index contributed by atoms with van der Waals surface area (Å²) in [4.78, 5) is 26.1. The monoisotopic (exact) mass is 327 g/mol. The van der Waals surface area contributed by atoms with E-state index in [0.29, 0.717) is 12.1 Å². The number of carbonyl (C=O) groups excluding carboxylic acids is 2. The summed E-state index contributed by atoms with van der Waals surface area (Å²) in [5, 5.41) is 10.9. The first-order chi connectivity index (χ1) is 11.6. The molecule has 1 N–H and O–H groups in total. The maximum atomic E-state index is 12.5. The predicted molar refractivity (Wildman–Crippen MR) is 88.1 cm³/mol. The molecule has 1 aliphatic rings. The number of amides is 2. The van der Waals surface area contributed by atoms with E-state index in [1.54, 1.807) is 24.3 Å². The predicted octanol–water partition coefficient (Wildman–Crippen LogP) is 1.52. The molecule has 0 aliphatic carbocycles. The van der Waals surface area contributed by atoms with Crippen molar-refractivity contribution in [3.63, 3.8) is 0 Å². The normalized spacial score (nSPS) is 15.9. The van der Waals surface area contributed by atoms with Crippen LogP contribution >= 0.6 is 0 Å². The van der Waals surface area contributed by atoms with Gasteiger partial charge >= 0.3 is 0 Å². The quantitative estimate of drug-likeness (QED) is 0.872. The van der Waals surface area contributed by atoms with Gasteiger partial charge in [0.1, 0.15) is 6.33 Å². The third-order valence-corrected chi connectivity index (χ3v) is 4.23. The van der Waals surface area contributed by atoms with E-state index in [4.69, 9.17) is 0 Å². The number of rotatable bonds is 6. The Kier molecular flexibility index (Phi) is 4.59. The molecule has 1 aromatic carbocycles. The third-order valence-electron chi connectivity index (χ3n) is 4.23. The molecule has 1 unspecified atom stereocenters. The minimum absolute atomic E-state index is 0.0388. The van der Waals surface area contributed by atoms with Gasteiger partial charge in [0.25, 0.3) is 5.91 Å². The molecule has 126 valence electrons. The highest BCUT2D eigenvalue weighted by molar-refractivity contribution is 5.99. The van der Waals surface area contributed by atoms with E-state index in [-0.39, 0.29) is 24.3 Å². The number of hydrogen-bond acceptors (Lipinski definition) is 4. The van der Waals surface area contributed by atoms with Crippen molar-refractivity contribution in [3.8, 4) is 0 Å². The van der Waals surface area contributed by atoms with Crippen LogP contribution in [0.25, 0.3) is 0 Å². The fourth-order valence-corrected chi connectivity index (χ4v) is 2.94.